The molecule has 0 aliphatic carbocycles. The van der Waals surface area contributed by atoms with Gasteiger partial charge in [0.15, 0.2) is 0 Å². The normalized spacial score (nSPS) is 15.3. The van der Waals surface area contributed by atoms with Gasteiger partial charge in [-0.2, -0.15) is 0 Å². The fourth-order valence-corrected chi connectivity index (χ4v) is 6.34. The summed E-state index contributed by atoms with van der Waals surface area (Å²) in [6.07, 6.45) is 3.20. The standard InChI is InChI=1S/C30H44Cl2N4O6S/c1-3-4-5-10-33-30(37)34-11-13-40-15-17-42-18-16-41-14-12-35-43(38,39)25-8-6-23(7-9-25)27-21-36(2)22-28-26(27)19-24(31)20-29(28)32/h6-9,19-20,27,35H,3-5,10-18,21-22H2,1-2H3,(H2,33,34,37). The molecule has 1 aliphatic rings. The van der Waals surface area contributed by atoms with Crippen molar-refractivity contribution >= 4 is 39.3 Å². The van der Waals surface area contributed by atoms with E-state index >= 15 is 0 Å². The van der Waals surface area contributed by atoms with Crippen LogP contribution in [0.4, 0.5) is 4.79 Å². The number of carbonyl (C=O) groups excluding carboxylic acids is 1. The van der Waals surface area contributed by atoms with Gasteiger partial charge >= 0.3 is 6.03 Å². The second kappa shape index (κ2) is 18.8. The summed E-state index contributed by atoms with van der Waals surface area (Å²) >= 11 is 12.8. The summed E-state index contributed by atoms with van der Waals surface area (Å²) in [6.45, 7) is 7.02. The van der Waals surface area contributed by atoms with E-state index in [0.29, 0.717) is 56.2 Å². The number of amides is 2. The molecule has 3 rings (SSSR count). The van der Waals surface area contributed by atoms with Gasteiger partial charge in [-0.05, 0) is 54.4 Å². The van der Waals surface area contributed by atoms with Gasteiger partial charge in [-0.25, -0.2) is 17.9 Å². The third-order valence-electron chi connectivity index (χ3n) is 6.97. The van der Waals surface area contributed by atoms with E-state index < -0.39 is 10.0 Å². The molecule has 0 aromatic heterocycles. The number of nitrogens with zero attached hydrogens (tertiary/aromatic N) is 1. The molecule has 1 aliphatic heterocycles. The molecule has 0 saturated carbocycles. The van der Waals surface area contributed by atoms with Gasteiger partial charge < -0.3 is 29.7 Å². The first-order valence-corrected chi connectivity index (χ1v) is 17.0. The van der Waals surface area contributed by atoms with Crippen LogP contribution in [-0.2, 0) is 30.8 Å². The van der Waals surface area contributed by atoms with Gasteiger partial charge in [0.2, 0.25) is 10.0 Å². The zero-order valence-electron chi connectivity index (χ0n) is 25.0. The average Bonchev–Trinajstić information content (AvgIpc) is 2.98. The maximum Gasteiger partial charge on any atom is 0.314 e. The van der Waals surface area contributed by atoms with E-state index in [9.17, 15) is 13.2 Å². The summed E-state index contributed by atoms with van der Waals surface area (Å²) in [4.78, 5) is 14.0. The predicted molar refractivity (Wildman–Crippen MR) is 170 cm³/mol. The van der Waals surface area contributed by atoms with Crippen LogP contribution in [0, 0.1) is 0 Å². The highest BCUT2D eigenvalue weighted by atomic mass is 35.5. The van der Waals surface area contributed by atoms with Crippen LogP contribution in [0.1, 0.15) is 48.8 Å². The molecule has 1 unspecified atom stereocenters. The molecule has 0 radical (unpaired) electrons. The van der Waals surface area contributed by atoms with Crippen molar-refractivity contribution in [3.8, 4) is 0 Å². The topological polar surface area (TPSA) is 118 Å². The van der Waals surface area contributed by atoms with Crippen molar-refractivity contribution in [1.29, 1.82) is 0 Å². The Kier molecular flexibility index (Phi) is 15.5. The molecule has 2 aromatic carbocycles. The van der Waals surface area contributed by atoms with Crippen LogP contribution in [0.15, 0.2) is 41.3 Å². The molecule has 43 heavy (non-hydrogen) atoms. The number of nitrogens with one attached hydrogen (secondary N) is 3. The molecular weight excluding hydrogens is 615 g/mol. The Morgan fingerprint density at radius 2 is 1.53 bits per heavy atom. The van der Waals surface area contributed by atoms with Gasteiger partial charge in [0.25, 0.3) is 0 Å². The van der Waals surface area contributed by atoms with E-state index in [1.807, 2.05) is 25.2 Å². The first-order valence-electron chi connectivity index (χ1n) is 14.7. The van der Waals surface area contributed by atoms with Crippen LogP contribution in [-0.4, -0.2) is 92.2 Å². The zero-order valence-corrected chi connectivity index (χ0v) is 27.3. The summed E-state index contributed by atoms with van der Waals surface area (Å²) in [7, 11) is -1.64. The number of unbranched alkanes of at least 4 members (excludes halogenated alkanes) is 2. The van der Waals surface area contributed by atoms with Gasteiger partial charge in [0.05, 0.1) is 44.5 Å². The highest BCUT2D eigenvalue weighted by molar-refractivity contribution is 7.89. The Labute approximate surface area is 265 Å². The fourth-order valence-electron chi connectivity index (χ4n) is 4.76. The number of fused-ring (bicyclic) bond motifs is 1. The van der Waals surface area contributed by atoms with E-state index in [1.54, 1.807) is 18.2 Å². The molecule has 0 saturated heterocycles. The van der Waals surface area contributed by atoms with Crippen LogP contribution in [0.5, 0.6) is 0 Å². The highest BCUT2D eigenvalue weighted by Gasteiger charge is 2.27. The number of ether oxygens (including phenoxy) is 3. The lowest BCUT2D eigenvalue weighted by Gasteiger charge is -2.33. The molecule has 13 heteroatoms. The van der Waals surface area contributed by atoms with E-state index in [-0.39, 0.29) is 30.0 Å². The summed E-state index contributed by atoms with van der Waals surface area (Å²) in [6, 6.07) is 10.5. The Balaban J connectivity index is 1.27. The molecule has 3 N–H and O–H groups in total. The molecule has 0 spiro atoms. The summed E-state index contributed by atoms with van der Waals surface area (Å²) in [5, 5.41) is 6.78. The monoisotopic (exact) mass is 658 g/mol. The first-order chi connectivity index (χ1) is 20.7. The molecule has 0 bridgehead atoms. The SMILES string of the molecule is CCCCCNC(=O)NCCOCCOCCOCCNS(=O)(=O)c1ccc(C2CN(C)Cc3c(Cl)cc(Cl)cc32)cc1. The van der Waals surface area contributed by atoms with Gasteiger partial charge in [-0.3, -0.25) is 0 Å². The lowest BCUT2D eigenvalue weighted by Crippen LogP contribution is -2.37. The van der Waals surface area contributed by atoms with Gasteiger partial charge in [0, 0.05) is 48.7 Å². The number of sulfonamides is 1. The number of likely N-dealkylation sites (N-methyl/N-ethyl adjacent to an activating group) is 1. The van der Waals surface area contributed by atoms with Crippen molar-refractivity contribution in [3.63, 3.8) is 0 Å². The number of hydrogen-bond donors (Lipinski definition) is 3. The van der Waals surface area contributed by atoms with Crippen molar-refractivity contribution in [2.24, 2.45) is 0 Å². The number of benzene rings is 2. The molecule has 2 amide bonds. The number of carbonyl (C=O) groups is 1. The maximum atomic E-state index is 12.8. The highest BCUT2D eigenvalue weighted by Crippen LogP contribution is 2.38. The van der Waals surface area contributed by atoms with Crippen LogP contribution in [0.3, 0.4) is 0 Å². The second-order valence-corrected chi connectivity index (χ2v) is 13.0. The molecule has 240 valence electrons. The lowest BCUT2D eigenvalue weighted by atomic mass is 9.85. The first kappa shape index (κ1) is 35.5. The van der Waals surface area contributed by atoms with E-state index in [4.69, 9.17) is 37.4 Å². The Bertz CT molecular complexity index is 1250. The van der Waals surface area contributed by atoms with Crippen molar-refractivity contribution in [3.05, 3.63) is 63.1 Å². The molecule has 0 fully saturated rings. The number of halogens is 2. The smallest absolute Gasteiger partial charge is 0.314 e. The van der Waals surface area contributed by atoms with Crippen LogP contribution in [0.25, 0.3) is 0 Å². The van der Waals surface area contributed by atoms with Crippen LogP contribution in [0.2, 0.25) is 10.0 Å². The van der Waals surface area contributed by atoms with Crippen LogP contribution >= 0.6 is 23.2 Å². The second-order valence-electron chi connectivity index (χ2n) is 10.4. The Morgan fingerprint density at radius 3 is 2.21 bits per heavy atom. The van der Waals surface area contributed by atoms with Crippen LogP contribution < -0.4 is 15.4 Å². The predicted octanol–water partition coefficient (Wildman–Crippen LogP) is 4.39. The minimum Gasteiger partial charge on any atom is -0.378 e. The molecule has 10 nitrogen and oxygen atoms in total. The number of urea groups is 1. The Morgan fingerprint density at radius 1 is 0.907 bits per heavy atom. The summed E-state index contributed by atoms with van der Waals surface area (Å²) < 4.78 is 44.5. The minimum absolute atomic E-state index is 0.0342. The summed E-state index contributed by atoms with van der Waals surface area (Å²) in [5.74, 6) is 0.0342. The van der Waals surface area contributed by atoms with Gasteiger partial charge in [-0.1, -0.05) is 55.1 Å². The Hall–Kier alpha value is -1.96. The van der Waals surface area contributed by atoms with Crippen molar-refractivity contribution in [2.75, 3.05) is 72.9 Å². The quantitative estimate of drug-likeness (QED) is 0.192. The van der Waals surface area contributed by atoms with Crippen molar-refractivity contribution < 1.29 is 27.4 Å². The molecule has 2 aromatic rings. The molecular formula is C30H44Cl2N4O6S. The van der Waals surface area contributed by atoms with E-state index in [1.165, 1.54) is 0 Å². The van der Waals surface area contributed by atoms with E-state index in [2.05, 4.69) is 27.2 Å². The van der Waals surface area contributed by atoms with Gasteiger partial charge in [0.1, 0.15) is 0 Å². The molecule has 1 atom stereocenters. The third kappa shape index (κ3) is 12.2. The largest absolute Gasteiger partial charge is 0.378 e. The number of hydrogen-bond acceptors (Lipinski definition) is 7. The summed E-state index contributed by atoms with van der Waals surface area (Å²) in [5.41, 5.74) is 3.12. The minimum atomic E-state index is -3.68. The lowest BCUT2D eigenvalue weighted by molar-refractivity contribution is 0.0165. The molecule has 1 heterocycles. The number of rotatable bonds is 19. The fraction of sp³-hybridized carbons (Fsp3) is 0.567. The van der Waals surface area contributed by atoms with Crippen molar-refractivity contribution in [1.82, 2.24) is 20.3 Å². The average molecular weight is 660 g/mol. The van der Waals surface area contributed by atoms with Crippen molar-refractivity contribution in [2.45, 2.75) is 43.5 Å². The van der Waals surface area contributed by atoms with Gasteiger partial charge in [-0.15, -0.1) is 0 Å². The zero-order chi connectivity index (χ0) is 31.1. The maximum absolute atomic E-state index is 12.8. The van der Waals surface area contributed by atoms with E-state index in [0.717, 1.165) is 49.0 Å². The third-order valence-corrected chi connectivity index (χ3v) is 9.00.